The molecule has 0 bridgehead atoms. The molecule has 0 radical (unpaired) electrons. The number of methoxy groups -OCH3 is 1. The molecule has 0 heterocycles. The number of nitro groups is 1. The summed E-state index contributed by atoms with van der Waals surface area (Å²) in [6.45, 7) is 0.726. The Morgan fingerprint density at radius 3 is 2.68 bits per heavy atom. The summed E-state index contributed by atoms with van der Waals surface area (Å²) >= 11 is 6.11. The maximum absolute atomic E-state index is 12.1. The Morgan fingerprint density at radius 2 is 2.00 bits per heavy atom. The lowest BCUT2D eigenvalue weighted by atomic mass is 10.1. The number of nitro benzene ring substituents is 1. The molecule has 9 heteroatoms. The molecule has 0 fully saturated rings. The molecule has 0 aromatic heterocycles. The van der Waals surface area contributed by atoms with Gasteiger partial charge < -0.3 is 15.4 Å². The molecule has 2 amide bonds. The molecular weight excluding hydrogens is 386 g/mol. The lowest BCUT2D eigenvalue weighted by molar-refractivity contribution is -0.385. The van der Waals surface area contributed by atoms with Crippen molar-refractivity contribution < 1.29 is 19.2 Å². The van der Waals surface area contributed by atoms with Crippen molar-refractivity contribution in [1.82, 2.24) is 5.32 Å². The summed E-state index contributed by atoms with van der Waals surface area (Å²) in [4.78, 5) is 34.5. The summed E-state index contributed by atoms with van der Waals surface area (Å²) < 4.78 is 4.86. The Morgan fingerprint density at radius 1 is 1.25 bits per heavy atom. The van der Waals surface area contributed by atoms with Crippen LogP contribution in [0.2, 0.25) is 5.02 Å². The monoisotopic (exact) mass is 403 g/mol. The number of benzene rings is 2. The molecular formula is C19H18ClN3O5. The first-order chi connectivity index (χ1) is 13.4. The van der Waals surface area contributed by atoms with Crippen LogP contribution in [0.3, 0.4) is 0 Å². The molecule has 0 unspecified atom stereocenters. The minimum atomic E-state index is -0.520. The molecule has 2 aromatic carbocycles. The van der Waals surface area contributed by atoms with Crippen LogP contribution in [0, 0.1) is 10.1 Å². The number of carbonyl (C=O) groups excluding carboxylic acids is 2. The number of hydrogen-bond acceptors (Lipinski definition) is 5. The molecule has 0 aliphatic carbocycles. The fraction of sp³-hybridized carbons (Fsp3) is 0.158. The Kier molecular flexibility index (Phi) is 7.67. The number of amides is 2. The molecule has 0 aliphatic rings. The van der Waals surface area contributed by atoms with Gasteiger partial charge in [0.05, 0.1) is 27.7 Å². The number of anilines is 1. The van der Waals surface area contributed by atoms with E-state index in [2.05, 4.69) is 10.6 Å². The molecule has 0 saturated carbocycles. The van der Waals surface area contributed by atoms with Gasteiger partial charge >= 0.3 is 0 Å². The van der Waals surface area contributed by atoms with E-state index in [0.717, 1.165) is 0 Å². The molecule has 2 rings (SSSR count). The van der Waals surface area contributed by atoms with Crippen molar-refractivity contribution >= 4 is 40.9 Å². The van der Waals surface area contributed by atoms with E-state index in [1.165, 1.54) is 49.6 Å². The number of ether oxygens (including phenoxy) is 1. The van der Waals surface area contributed by atoms with Gasteiger partial charge in [-0.2, -0.15) is 0 Å². The quantitative estimate of drug-likeness (QED) is 0.304. The average molecular weight is 404 g/mol. The van der Waals surface area contributed by atoms with Gasteiger partial charge in [0.15, 0.2) is 0 Å². The van der Waals surface area contributed by atoms with Gasteiger partial charge in [0, 0.05) is 31.5 Å². The van der Waals surface area contributed by atoms with Gasteiger partial charge in [-0.15, -0.1) is 0 Å². The van der Waals surface area contributed by atoms with Gasteiger partial charge in [0.25, 0.3) is 11.6 Å². The highest BCUT2D eigenvalue weighted by Crippen LogP contribution is 2.22. The van der Waals surface area contributed by atoms with E-state index in [-0.39, 0.29) is 22.2 Å². The highest BCUT2D eigenvalue weighted by Gasteiger charge is 2.12. The Bertz CT molecular complexity index is 914. The van der Waals surface area contributed by atoms with Crippen molar-refractivity contribution in [3.63, 3.8) is 0 Å². The van der Waals surface area contributed by atoms with Crippen LogP contribution in [0.5, 0.6) is 0 Å². The van der Waals surface area contributed by atoms with E-state index in [9.17, 15) is 19.7 Å². The van der Waals surface area contributed by atoms with Crippen molar-refractivity contribution in [1.29, 1.82) is 0 Å². The van der Waals surface area contributed by atoms with Crippen molar-refractivity contribution in [2.24, 2.45) is 0 Å². The fourth-order valence-corrected chi connectivity index (χ4v) is 2.55. The SMILES string of the molecule is COCCNC(=O)c1ccc(NC(=O)C=Cc2ccccc2[N+](=O)[O-])cc1Cl. The summed E-state index contributed by atoms with van der Waals surface area (Å²) in [6.07, 6.45) is 2.54. The normalized spacial score (nSPS) is 10.6. The maximum atomic E-state index is 12.1. The minimum Gasteiger partial charge on any atom is -0.383 e. The fourth-order valence-electron chi connectivity index (χ4n) is 2.28. The number of hydrogen-bond donors (Lipinski definition) is 2. The molecule has 28 heavy (non-hydrogen) atoms. The van der Waals surface area contributed by atoms with Crippen LogP contribution < -0.4 is 10.6 Å². The highest BCUT2D eigenvalue weighted by atomic mass is 35.5. The van der Waals surface area contributed by atoms with Crippen molar-refractivity contribution in [2.75, 3.05) is 25.6 Å². The number of nitrogens with zero attached hydrogens (tertiary/aromatic N) is 1. The first-order valence-corrected chi connectivity index (χ1v) is 8.59. The summed E-state index contributed by atoms with van der Waals surface area (Å²) in [5.41, 5.74) is 0.865. The van der Waals surface area contributed by atoms with E-state index in [1.54, 1.807) is 12.1 Å². The molecule has 0 saturated heterocycles. The molecule has 2 N–H and O–H groups in total. The second-order valence-electron chi connectivity index (χ2n) is 5.58. The number of rotatable bonds is 8. The van der Waals surface area contributed by atoms with Crippen molar-refractivity contribution in [2.45, 2.75) is 0 Å². The Hall–Kier alpha value is -3.23. The van der Waals surface area contributed by atoms with Gasteiger partial charge in [0.2, 0.25) is 5.91 Å². The topological polar surface area (TPSA) is 111 Å². The number of para-hydroxylation sites is 1. The molecule has 146 valence electrons. The first-order valence-electron chi connectivity index (χ1n) is 8.21. The zero-order chi connectivity index (χ0) is 20.5. The van der Waals surface area contributed by atoms with E-state index in [1.807, 2.05) is 0 Å². The zero-order valence-corrected chi connectivity index (χ0v) is 15.7. The van der Waals surface area contributed by atoms with Crippen molar-refractivity contribution in [3.8, 4) is 0 Å². The van der Waals surface area contributed by atoms with Crippen LogP contribution in [0.15, 0.2) is 48.5 Å². The molecule has 0 aliphatic heterocycles. The third-order valence-corrected chi connectivity index (χ3v) is 3.93. The lowest BCUT2D eigenvalue weighted by Gasteiger charge is -2.08. The molecule has 8 nitrogen and oxygen atoms in total. The van der Waals surface area contributed by atoms with Crippen LogP contribution in [0.1, 0.15) is 15.9 Å². The smallest absolute Gasteiger partial charge is 0.276 e. The van der Waals surface area contributed by atoms with Gasteiger partial charge in [-0.05, 0) is 30.3 Å². The molecule has 0 atom stereocenters. The summed E-state index contributed by atoms with van der Waals surface area (Å²) in [5.74, 6) is -0.845. The number of nitrogens with one attached hydrogen (secondary N) is 2. The van der Waals surface area contributed by atoms with Crippen LogP contribution in [-0.4, -0.2) is 37.0 Å². The molecule has 0 spiro atoms. The average Bonchev–Trinajstić information content (AvgIpc) is 2.66. The number of halogens is 1. The second kappa shape index (κ2) is 10.2. The zero-order valence-electron chi connectivity index (χ0n) is 15.0. The number of carbonyl (C=O) groups is 2. The van der Waals surface area contributed by atoms with E-state index >= 15 is 0 Å². The third kappa shape index (κ3) is 5.90. The van der Waals surface area contributed by atoms with Gasteiger partial charge in [-0.3, -0.25) is 19.7 Å². The van der Waals surface area contributed by atoms with Gasteiger partial charge in [-0.25, -0.2) is 0 Å². The van der Waals surface area contributed by atoms with E-state index in [4.69, 9.17) is 16.3 Å². The summed E-state index contributed by atoms with van der Waals surface area (Å²) in [6, 6.07) is 10.6. The highest BCUT2D eigenvalue weighted by molar-refractivity contribution is 6.34. The predicted octanol–water partition coefficient (Wildman–Crippen LogP) is 3.28. The standard InChI is InChI=1S/C19H18ClN3O5/c1-28-11-10-21-19(25)15-8-7-14(12-16(15)20)22-18(24)9-6-13-4-2-3-5-17(13)23(26)27/h2-9,12H,10-11H2,1H3,(H,21,25)(H,22,24). The van der Waals surface area contributed by atoms with E-state index in [0.29, 0.717) is 24.4 Å². The first kappa shape index (κ1) is 21.1. The van der Waals surface area contributed by atoms with Crippen LogP contribution in [0.4, 0.5) is 11.4 Å². The summed E-state index contributed by atoms with van der Waals surface area (Å²) in [7, 11) is 1.53. The van der Waals surface area contributed by atoms with Crippen LogP contribution in [0.25, 0.3) is 6.08 Å². The summed E-state index contributed by atoms with van der Waals surface area (Å²) in [5, 5.41) is 16.4. The maximum Gasteiger partial charge on any atom is 0.276 e. The second-order valence-corrected chi connectivity index (χ2v) is 5.99. The van der Waals surface area contributed by atoms with Crippen LogP contribution in [-0.2, 0) is 9.53 Å². The Balaban J connectivity index is 2.04. The largest absolute Gasteiger partial charge is 0.383 e. The Labute approximate surface area is 166 Å². The van der Waals surface area contributed by atoms with Crippen molar-refractivity contribution in [3.05, 3.63) is 74.8 Å². The van der Waals surface area contributed by atoms with E-state index < -0.39 is 10.8 Å². The van der Waals surface area contributed by atoms with Gasteiger partial charge in [-0.1, -0.05) is 23.7 Å². The minimum absolute atomic E-state index is 0.0987. The van der Waals surface area contributed by atoms with Gasteiger partial charge in [0.1, 0.15) is 0 Å². The predicted molar refractivity (Wildman–Crippen MR) is 106 cm³/mol. The lowest BCUT2D eigenvalue weighted by Crippen LogP contribution is -2.27. The van der Waals surface area contributed by atoms with Crippen LogP contribution >= 0.6 is 11.6 Å². The molecule has 2 aromatic rings. The third-order valence-electron chi connectivity index (χ3n) is 3.62.